The second kappa shape index (κ2) is 7.88. The number of halogens is 1. The molecule has 0 bridgehead atoms. The first-order chi connectivity index (χ1) is 11.3. The van der Waals surface area contributed by atoms with E-state index >= 15 is 0 Å². The van der Waals surface area contributed by atoms with E-state index in [1.54, 1.807) is 49.4 Å². The Morgan fingerprint density at radius 3 is 2.46 bits per heavy atom. The molecule has 0 aliphatic rings. The zero-order valence-corrected chi connectivity index (χ0v) is 15.3. The van der Waals surface area contributed by atoms with Crippen molar-refractivity contribution >= 4 is 21.6 Å². The van der Waals surface area contributed by atoms with Crippen molar-refractivity contribution in [1.82, 2.24) is 4.72 Å². The highest BCUT2D eigenvalue weighted by atomic mass is 35.5. The quantitative estimate of drug-likeness (QED) is 0.812. The van der Waals surface area contributed by atoms with Crippen molar-refractivity contribution in [2.24, 2.45) is 0 Å². The molecule has 0 spiro atoms. The maximum atomic E-state index is 12.6. The van der Waals surface area contributed by atoms with E-state index in [1.165, 1.54) is 7.11 Å². The fraction of sp³-hybridized carbons (Fsp3) is 0.294. The number of sulfonamides is 1. The van der Waals surface area contributed by atoms with Gasteiger partial charge in [0.15, 0.2) is 0 Å². The van der Waals surface area contributed by atoms with Gasteiger partial charge in [-0.1, -0.05) is 17.7 Å². The summed E-state index contributed by atoms with van der Waals surface area (Å²) in [4.78, 5) is 0.114. The smallest absolute Gasteiger partial charge is 0.244 e. The lowest BCUT2D eigenvalue weighted by Crippen LogP contribution is -2.37. The van der Waals surface area contributed by atoms with Crippen LogP contribution in [-0.2, 0) is 10.0 Å². The second-order valence-corrected chi connectivity index (χ2v) is 7.56. The number of aryl methyl sites for hydroxylation is 1. The van der Waals surface area contributed by atoms with Crippen molar-refractivity contribution in [3.8, 4) is 11.5 Å². The average Bonchev–Trinajstić information content (AvgIpc) is 2.54. The first kappa shape index (κ1) is 18.6. The number of methoxy groups -OCH3 is 1. The van der Waals surface area contributed by atoms with Crippen molar-refractivity contribution in [3.05, 3.63) is 53.1 Å². The summed E-state index contributed by atoms with van der Waals surface area (Å²) < 4.78 is 38.4. The van der Waals surface area contributed by atoms with Gasteiger partial charge < -0.3 is 9.47 Å². The standard InChI is InChI=1S/C17H20ClNO4S/c1-12-4-9-16(22-3)17(10-12)24(20,21)19-13(2)11-23-15-7-5-14(18)6-8-15/h4-10,13,19H,11H2,1-3H3/t13-/m0/s1. The van der Waals surface area contributed by atoms with E-state index in [1.807, 2.05) is 6.92 Å². The predicted octanol–water partition coefficient (Wildman–Crippen LogP) is 3.40. The van der Waals surface area contributed by atoms with Gasteiger partial charge in [0.05, 0.1) is 13.2 Å². The molecule has 7 heteroatoms. The molecule has 0 aliphatic heterocycles. The Balaban J connectivity index is 2.05. The van der Waals surface area contributed by atoms with E-state index in [0.717, 1.165) is 5.56 Å². The van der Waals surface area contributed by atoms with Crippen molar-refractivity contribution in [2.75, 3.05) is 13.7 Å². The lowest BCUT2D eigenvalue weighted by atomic mass is 10.2. The van der Waals surface area contributed by atoms with Gasteiger partial charge in [-0.25, -0.2) is 13.1 Å². The van der Waals surface area contributed by atoms with Crippen molar-refractivity contribution in [1.29, 1.82) is 0 Å². The molecule has 0 unspecified atom stereocenters. The normalized spacial score (nSPS) is 12.7. The minimum atomic E-state index is -3.71. The molecule has 0 fully saturated rings. The van der Waals surface area contributed by atoms with Gasteiger partial charge in [0.1, 0.15) is 23.0 Å². The van der Waals surface area contributed by atoms with Crippen molar-refractivity contribution in [3.63, 3.8) is 0 Å². The second-order valence-electron chi connectivity index (χ2n) is 5.44. The third kappa shape index (κ3) is 4.87. The fourth-order valence-electron chi connectivity index (χ4n) is 2.11. The highest BCUT2D eigenvalue weighted by Crippen LogP contribution is 2.24. The molecule has 0 aliphatic carbocycles. The van der Waals surface area contributed by atoms with E-state index in [2.05, 4.69) is 4.72 Å². The molecule has 0 heterocycles. The zero-order valence-electron chi connectivity index (χ0n) is 13.7. The number of nitrogens with one attached hydrogen (secondary N) is 1. The van der Waals surface area contributed by atoms with Gasteiger partial charge in [-0.2, -0.15) is 0 Å². The minimum absolute atomic E-state index is 0.114. The predicted molar refractivity (Wildman–Crippen MR) is 94.5 cm³/mol. The van der Waals surface area contributed by atoms with E-state index < -0.39 is 16.1 Å². The highest BCUT2D eigenvalue weighted by Gasteiger charge is 2.22. The molecule has 0 saturated heterocycles. The largest absolute Gasteiger partial charge is 0.495 e. The van der Waals surface area contributed by atoms with Crippen LogP contribution in [0.15, 0.2) is 47.4 Å². The Morgan fingerprint density at radius 2 is 1.83 bits per heavy atom. The summed E-state index contributed by atoms with van der Waals surface area (Å²) in [5, 5.41) is 0.614. The highest BCUT2D eigenvalue weighted by molar-refractivity contribution is 7.89. The zero-order chi connectivity index (χ0) is 17.7. The number of hydrogen-bond donors (Lipinski definition) is 1. The summed E-state index contributed by atoms with van der Waals surface area (Å²) in [6.07, 6.45) is 0. The molecular weight excluding hydrogens is 350 g/mol. The van der Waals surface area contributed by atoms with Gasteiger partial charge >= 0.3 is 0 Å². The van der Waals surface area contributed by atoms with Gasteiger partial charge in [-0.15, -0.1) is 0 Å². The summed E-state index contributed by atoms with van der Waals surface area (Å²) in [6.45, 7) is 3.75. The molecule has 0 amide bonds. The van der Waals surface area contributed by atoms with Gasteiger partial charge in [0, 0.05) is 5.02 Å². The number of hydrogen-bond acceptors (Lipinski definition) is 4. The van der Waals surface area contributed by atoms with Crippen LogP contribution in [0.1, 0.15) is 12.5 Å². The molecule has 0 radical (unpaired) electrons. The van der Waals surface area contributed by atoms with Crippen molar-refractivity contribution in [2.45, 2.75) is 24.8 Å². The summed E-state index contributed by atoms with van der Waals surface area (Å²) in [7, 11) is -2.27. The van der Waals surface area contributed by atoms with Crippen LogP contribution in [0.5, 0.6) is 11.5 Å². The maximum absolute atomic E-state index is 12.6. The molecule has 5 nitrogen and oxygen atoms in total. The Labute approximate surface area is 147 Å². The molecule has 130 valence electrons. The van der Waals surface area contributed by atoms with Crippen molar-refractivity contribution < 1.29 is 17.9 Å². The summed E-state index contributed by atoms with van der Waals surface area (Å²) >= 11 is 5.81. The van der Waals surface area contributed by atoms with E-state index in [4.69, 9.17) is 21.1 Å². The molecule has 0 aromatic heterocycles. The maximum Gasteiger partial charge on any atom is 0.244 e. The average molecular weight is 370 g/mol. The van der Waals surface area contributed by atoms with Gasteiger partial charge in [0.2, 0.25) is 10.0 Å². The van der Waals surface area contributed by atoms with E-state index in [0.29, 0.717) is 16.5 Å². The fourth-order valence-corrected chi connectivity index (χ4v) is 3.72. The van der Waals surface area contributed by atoms with Crippen LogP contribution in [0.4, 0.5) is 0 Å². The van der Waals surface area contributed by atoms with Crippen LogP contribution < -0.4 is 14.2 Å². The molecule has 1 atom stereocenters. The van der Waals surface area contributed by atoms with Crippen LogP contribution >= 0.6 is 11.6 Å². The Bertz CT molecular complexity index is 791. The van der Waals surface area contributed by atoms with Gasteiger partial charge in [-0.3, -0.25) is 0 Å². The Morgan fingerprint density at radius 1 is 1.17 bits per heavy atom. The lowest BCUT2D eigenvalue weighted by molar-refractivity contribution is 0.287. The molecule has 2 aromatic carbocycles. The third-order valence-electron chi connectivity index (χ3n) is 3.28. The molecule has 2 rings (SSSR count). The van der Waals surface area contributed by atoms with E-state index in [-0.39, 0.29) is 11.5 Å². The van der Waals surface area contributed by atoms with Crippen LogP contribution in [0.2, 0.25) is 5.02 Å². The number of rotatable bonds is 7. The number of ether oxygens (including phenoxy) is 2. The lowest BCUT2D eigenvalue weighted by Gasteiger charge is -2.17. The topological polar surface area (TPSA) is 64.6 Å². The minimum Gasteiger partial charge on any atom is -0.495 e. The monoisotopic (exact) mass is 369 g/mol. The van der Waals surface area contributed by atoms with Gasteiger partial charge in [0.25, 0.3) is 0 Å². The van der Waals surface area contributed by atoms with Gasteiger partial charge in [-0.05, 0) is 55.8 Å². The summed E-state index contributed by atoms with van der Waals surface area (Å²) in [5.74, 6) is 0.928. The van der Waals surface area contributed by atoms with Crippen LogP contribution in [-0.4, -0.2) is 28.2 Å². The first-order valence-corrected chi connectivity index (χ1v) is 9.23. The molecule has 2 aromatic rings. The summed E-state index contributed by atoms with van der Waals surface area (Å²) in [6, 6.07) is 11.5. The Kier molecular flexibility index (Phi) is 6.10. The molecule has 0 saturated carbocycles. The third-order valence-corrected chi connectivity index (χ3v) is 5.14. The van der Waals surface area contributed by atoms with Crippen LogP contribution in [0.25, 0.3) is 0 Å². The number of benzene rings is 2. The Hall–Kier alpha value is -1.76. The first-order valence-electron chi connectivity index (χ1n) is 7.37. The molecule has 1 N–H and O–H groups in total. The van der Waals surface area contributed by atoms with Crippen LogP contribution in [0, 0.1) is 6.92 Å². The SMILES string of the molecule is COc1ccc(C)cc1S(=O)(=O)N[C@@H](C)COc1ccc(Cl)cc1. The summed E-state index contributed by atoms with van der Waals surface area (Å²) in [5.41, 5.74) is 0.834. The molecule has 24 heavy (non-hydrogen) atoms. The van der Waals surface area contributed by atoms with E-state index in [9.17, 15) is 8.42 Å². The molecular formula is C17H20ClNO4S. The van der Waals surface area contributed by atoms with Crippen LogP contribution in [0.3, 0.4) is 0 Å².